The second-order valence-corrected chi connectivity index (χ2v) is 4.19. The maximum absolute atomic E-state index is 12.4. The third kappa shape index (κ3) is 5.38. The Morgan fingerprint density at radius 3 is 2.58 bits per heavy atom. The van der Waals surface area contributed by atoms with Gasteiger partial charge in [0, 0.05) is 13.2 Å². The molecule has 0 unspecified atom stereocenters. The van der Waals surface area contributed by atoms with E-state index in [-0.39, 0.29) is 5.69 Å². The Balaban J connectivity index is 2.43. The van der Waals surface area contributed by atoms with Crippen molar-refractivity contribution in [3.63, 3.8) is 0 Å². The summed E-state index contributed by atoms with van der Waals surface area (Å²) >= 11 is 0. The quantitative estimate of drug-likeness (QED) is 0.591. The average Bonchev–Trinajstić information content (AvgIpc) is 2.34. The third-order valence-corrected chi connectivity index (χ3v) is 2.58. The molecule has 0 bridgehead atoms. The van der Waals surface area contributed by atoms with Gasteiger partial charge in [-0.05, 0) is 24.6 Å². The Bertz CT molecular complexity index is 394. The summed E-state index contributed by atoms with van der Waals surface area (Å²) in [5, 5.41) is 2.95. The van der Waals surface area contributed by atoms with Gasteiger partial charge in [0.15, 0.2) is 0 Å². The van der Waals surface area contributed by atoms with Crippen LogP contribution >= 0.6 is 0 Å². The zero-order valence-corrected chi connectivity index (χ0v) is 10.9. The first kappa shape index (κ1) is 15.6. The summed E-state index contributed by atoms with van der Waals surface area (Å²) in [7, 11) is 0. The molecule has 1 aromatic carbocycles. The van der Waals surface area contributed by atoms with Gasteiger partial charge >= 0.3 is 6.18 Å². The lowest BCUT2D eigenvalue weighted by Crippen LogP contribution is -2.12. The lowest BCUT2D eigenvalue weighted by atomic mass is 10.1. The van der Waals surface area contributed by atoms with E-state index in [4.69, 9.17) is 10.5 Å². The fraction of sp³-hybridized carbons (Fsp3) is 0.538. The van der Waals surface area contributed by atoms with E-state index in [2.05, 4.69) is 12.2 Å². The highest BCUT2D eigenvalue weighted by atomic mass is 19.4. The predicted molar refractivity (Wildman–Crippen MR) is 70.1 cm³/mol. The van der Waals surface area contributed by atoms with E-state index in [9.17, 15) is 13.2 Å². The molecule has 0 amide bonds. The number of hydrogen-bond donors (Lipinski definition) is 2. The summed E-state index contributed by atoms with van der Waals surface area (Å²) in [6.07, 6.45) is -2.29. The minimum atomic E-state index is -4.37. The monoisotopic (exact) mass is 276 g/mol. The fourth-order valence-electron chi connectivity index (χ4n) is 1.51. The van der Waals surface area contributed by atoms with Crippen LogP contribution in [0.1, 0.15) is 25.3 Å². The van der Waals surface area contributed by atoms with E-state index < -0.39 is 11.7 Å². The predicted octanol–water partition coefficient (Wildman–Crippen LogP) is 3.52. The van der Waals surface area contributed by atoms with Crippen molar-refractivity contribution in [2.45, 2.75) is 25.9 Å². The lowest BCUT2D eigenvalue weighted by Gasteiger charge is -2.12. The summed E-state index contributed by atoms with van der Waals surface area (Å²) in [5.41, 5.74) is 5.42. The first-order valence-electron chi connectivity index (χ1n) is 6.23. The molecule has 1 aromatic rings. The van der Waals surface area contributed by atoms with Gasteiger partial charge in [-0.15, -0.1) is 0 Å². The normalized spacial score (nSPS) is 11.6. The first-order valence-corrected chi connectivity index (χ1v) is 6.23. The minimum absolute atomic E-state index is 0.0865. The van der Waals surface area contributed by atoms with Crippen molar-refractivity contribution in [2.75, 3.05) is 30.8 Å². The second kappa shape index (κ2) is 7.23. The molecule has 0 aliphatic heterocycles. The first-order chi connectivity index (χ1) is 8.95. The summed E-state index contributed by atoms with van der Waals surface area (Å²) in [5.74, 6) is 0. The van der Waals surface area contributed by atoms with Crippen molar-refractivity contribution < 1.29 is 17.9 Å². The SMILES string of the molecule is CCCCOCCNc1ccc(C(F)(F)F)cc1N. The van der Waals surface area contributed by atoms with Gasteiger partial charge in [0.2, 0.25) is 0 Å². The molecular formula is C13H19F3N2O. The largest absolute Gasteiger partial charge is 0.416 e. The maximum Gasteiger partial charge on any atom is 0.416 e. The van der Waals surface area contributed by atoms with Crippen molar-refractivity contribution in [3.8, 4) is 0 Å². The highest BCUT2D eigenvalue weighted by Crippen LogP contribution is 2.32. The zero-order chi connectivity index (χ0) is 14.3. The molecule has 0 atom stereocenters. The molecule has 0 aliphatic carbocycles. The summed E-state index contributed by atoms with van der Waals surface area (Å²) in [4.78, 5) is 0. The van der Waals surface area contributed by atoms with E-state index >= 15 is 0 Å². The topological polar surface area (TPSA) is 47.3 Å². The van der Waals surface area contributed by atoms with Crippen molar-refractivity contribution in [2.24, 2.45) is 0 Å². The van der Waals surface area contributed by atoms with Crippen LogP contribution in [0.3, 0.4) is 0 Å². The van der Waals surface area contributed by atoms with Crippen LogP contribution in [0, 0.1) is 0 Å². The number of unbranched alkanes of at least 4 members (excludes halogenated alkanes) is 1. The molecule has 0 heterocycles. The van der Waals surface area contributed by atoms with Crippen LogP contribution in [0.4, 0.5) is 24.5 Å². The Kier molecular flexibility index (Phi) is 5.95. The Morgan fingerprint density at radius 1 is 1.26 bits per heavy atom. The summed E-state index contributed by atoms with van der Waals surface area (Å²) in [6, 6.07) is 3.28. The molecule has 0 fully saturated rings. The lowest BCUT2D eigenvalue weighted by molar-refractivity contribution is -0.137. The molecule has 0 saturated carbocycles. The number of nitrogens with two attached hydrogens (primary N) is 1. The number of nitrogens with one attached hydrogen (secondary N) is 1. The van der Waals surface area contributed by atoms with E-state index in [1.807, 2.05) is 0 Å². The number of hydrogen-bond acceptors (Lipinski definition) is 3. The van der Waals surface area contributed by atoms with E-state index in [0.29, 0.717) is 25.4 Å². The molecule has 6 heteroatoms. The number of benzene rings is 1. The molecule has 0 spiro atoms. The number of alkyl halides is 3. The van der Waals surface area contributed by atoms with Crippen molar-refractivity contribution >= 4 is 11.4 Å². The van der Waals surface area contributed by atoms with Crippen LogP contribution in [0.5, 0.6) is 0 Å². The van der Waals surface area contributed by atoms with Crippen molar-refractivity contribution in [3.05, 3.63) is 23.8 Å². The number of halogens is 3. The maximum atomic E-state index is 12.4. The van der Waals surface area contributed by atoms with Gasteiger partial charge < -0.3 is 15.8 Å². The van der Waals surface area contributed by atoms with Crippen LogP contribution in [-0.4, -0.2) is 19.8 Å². The highest BCUT2D eigenvalue weighted by Gasteiger charge is 2.30. The highest BCUT2D eigenvalue weighted by molar-refractivity contribution is 5.67. The van der Waals surface area contributed by atoms with E-state index in [1.54, 1.807) is 0 Å². The smallest absolute Gasteiger partial charge is 0.397 e. The Morgan fingerprint density at radius 2 is 2.00 bits per heavy atom. The molecule has 0 aromatic heterocycles. The van der Waals surface area contributed by atoms with E-state index in [1.165, 1.54) is 6.07 Å². The number of rotatable bonds is 7. The van der Waals surface area contributed by atoms with Gasteiger partial charge in [-0.3, -0.25) is 0 Å². The van der Waals surface area contributed by atoms with Crippen LogP contribution in [0.15, 0.2) is 18.2 Å². The number of nitrogen functional groups attached to an aromatic ring is 1. The third-order valence-electron chi connectivity index (χ3n) is 2.58. The molecule has 19 heavy (non-hydrogen) atoms. The molecule has 0 aliphatic rings. The van der Waals surface area contributed by atoms with Crippen LogP contribution in [0.25, 0.3) is 0 Å². The fourth-order valence-corrected chi connectivity index (χ4v) is 1.51. The zero-order valence-electron chi connectivity index (χ0n) is 10.9. The van der Waals surface area contributed by atoms with Crippen molar-refractivity contribution in [1.29, 1.82) is 0 Å². The van der Waals surface area contributed by atoms with Crippen LogP contribution < -0.4 is 11.1 Å². The van der Waals surface area contributed by atoms with Gasteiger partial charge in [0.05, 0.1) is 23.5 Å². The summed E-state index contributed by atoms with van der Waals surface area (Å²) in [6.45, 7) is 3.78. The molecule has 3 N–H and O–H groups in total. The molecule has 1 rings (SSSR count). The van der Waals surface area contributed by atoms with Gasteiger partial charge in [-0.1, -0.05) is 13.3 Å². The standard InChI is InChI=1S/C13H19F3N2O/c1-2-3-7-19-8-6-18-12-5-4-10(9-11(12)17)13(14,15)16/h4-5,9,18H,2-3,6-8,17H2,1H3. The summed E-state index contributed by atoms with van der Waals surface area (Å²) < 4.78 is 42.6. The molecule has 3 nitrogen and oxygen atoms in total. The van der Waals surface area contributed by atoms with Gasteiger partial charge in [0.25, 0.3) is 0 Å². The van der Waals surface area contributed by atoms with Gasteiger partial charge in [-0.2, -0.15) is 13.2 Å². The van der Waals surface area contributed by atoms with Gasteiger partial charge in [0.1, 0.15) is 0 Å². The van der Waals surface area contributed by atoms with Crippen molar-refractivity contribution in [1.82, 2.24) is 0 Å². The number of anilines is 2. The van der Waals surface area contributed by atoms with Crippen LogP contribution in [0.2, 0.25) is 0 Å². The minimum Gasteiger partial charge on any atom is -0.397 e. The molecule has 0 saturated heterocycles. The second-order valence-electron chi connectivity index (χ2n) is 4.19. The molecular weight excluding hydrogens is 257 g/mol. The van der Waals surface area contributed by atoms with Crippen LogP contribution in [-0.2, 0) is 10.9 Å². The molecule has 0 radical (unpaired) electrons. The Labute approximate surface area is 110 Å². The van der Waals surface area contributed by atoms with Gasteiger partial charge in [-0.25, -0.2) is 0 Å². The average molecular weight is 276 g/mol. The Hall–Kier alpha value is -1.43. The molecule has 108 valence electrons. The van der Waals surface area contributed by atoms with E-state index in [0.717, 1.165) is 25.0 Å². The number of ether oxygens (including phenoxy) is 1.